The highest BCUT2D eigenvalue weighted by Gasteiger charge is 2.34. The van der Waals surface area contributed by atoms with Crippen LogP contribution < -0.4 is 5.73 Å². The van der Waals surface area contributed by atoms with Crippen molar-refractivity contribution in [1.29, 1.82) is 0 Å². The highest BCUT2D eigenvalue weighted by atomic mass is 16.4. The molecule has 110 valence electrons. The lowest BCUT2D eigenvalue weighted by Gasteiger charge is -2.43. The van der Waals surface area contributed by atoms with Gasteiger partial charge in [0.1, 0.15) is 0 Å². The Morgan fingerprint density at radius 2 is 2.10 bits per heavy atom. The van der Waals surface area contributed by atoms with Crippen molar-refractivity contribution in [3.05, 3.63) is 18.0 Å². The number of rotatable bonds is 3. The number of nitrogens with two attached hydrogens (primary N) is 1. The van der Waals surface area contributed by atoms with Crippen molar-refractivity contribution in [2.45, 2.75) is 19.4 Å². The fourth-order valence-corrected chi connectivity index (χ4v) is 2.30. The summed E-state index contributed by atoms with van der Waals surface area (Å²) in [4.78, 5) is 16.0. The van der Waals surface area contributed by atoms with Crippen LogP contribution in [0, 0.1) is 0 Å². The van der Waals surface area contributed by atoms with Crippen molar-refractivity contribution in [1.82, 2.24) is 20.0 Å². The van der Waals surface area contributed by atoms with Gasteiger partial charge in [0.2, 0.25) is 0 Å². The monoisotopic (exact) mass is 280 g/mol. The van der Waals surface area contributed by atoms with Crippen molar-refractivity contribution in [2.75, 3.05) is 26.2 Å². The van der Waals surface area contributed by atoms with E-state index in [0.29, 0.717) is 31.7 Å². The van der Waals surface area contributed by atoms with Crippen molar-refractivity contribution in [2.24, 2.45) is 10.9 Å². The molecule has 1 amide bonds. The van der Waals surface area contributed by atoms with Crippen LogP contribution in [-0.2, 0) is 0 Å². The number of aromatic nitrogens is 2. The van der Waals surface area contributed by atoms with Gasteiger partial charge in [0.05, 0.1) is 17.3 Å². The number of carbonyl (C=O) groups is 1. The Kier molecular flexibility index (Phi) is 3.93. The second-order valence-electron chi connectivity index (χ2n) is 5.31. The molecule has 8 heteroatoms. The minimum absolute atomic E-state index is 0.0278. The van der Waals surface area contributed by atoms with Gasteiger partial charge in [-0.25, -0.2) is 0 Å². The van der Waals surface area contributed by atoms with Crippen LogP contribution in [0.25, 0.3) is 0 Å². The normalized spacial score (nSPS) is 18.3. The largest absolute Gasteiger partial charge is 0.409 e. The predicted octanol–water partition coefficient (Wildman–Crippen LogP) is -0.307. The molecule has 0 aliphatic carbocycles. The van der Waals surface area contributed by atoms with E-state index in [1.54, 1.807) is 11.1 Å². The molecule has 4 N–H and O–H groups in total. The quantitative estimate of drug-likeness (QED) is 0.304. The molecule has 0 saturated carbocycles. The average molecular weight is 280 g/mol. The number of aromatic amines is 1. The molecule has 20 heavy (non-hydrogen) atoms. The standard InChI is InChI=1S/C12H20N6O2/c1-12(2,11(13)16-20)18-5-3-17(4-6-18)10(19)9-7-14-15-8-9/h7-8,20H,3-6H2,1-2H3,(H2,13,16)(H,14,15). The topological polar surface area (TPSA) is 111 Å². The van der Waals surface area contributed by atoms with E-state index in [9.17, 15) is 4.79 Å². The summed E-state index contributed by atoms with van der Waals surface area (Å²) in [6.45, 7) is 6.35. The van der Waals surface area contributed by atoms with E-state index in [1.165, 1.54) is 6.20 Å². The van der Waals surface area contributed by atoms with Gasteiger partial charge in [-0.15, -0.1) is 0 Å². The van der Waals surface area contributed by atoms with Gasteiger partial charge in [0.15, 0.2) is 5.84 Å². The number of nitrogens with zero attached hydrogens (tertiary/aromatic N) is 4. The number of hydrogen-bond donors (Lipinski definition) is 3. The molecular weight excluding hydrogens is 260 g/mol. The maximum atomic E-state index is 12.2. The molecule has 1 aromatic heterocycles. The SMILES string of the molecule is CC(C)(C(N)=NO)N1CCN(C(=O)c2cn[nH]c2)CC1. The van der Waals surface area contributed by atoms with Crippen molar-refractivity contribution < 1.29 is 10.0 Å². The van der Waals surface area contributed by atoms with Crippen molar-refractivity contribution in [3.8, 4) is 0 Å². The third kappa shape index (κ3) is 2.60. The van der Waals surface area contributed by atoms with Crippen molar-refractivity contribution in [3.63, 3.8) is 0 Å². The maximum absolute atomic E-state index is 12.2. The molecule has 1 aliphatic rings. The van der Waals surface area contributed by atoms with Gasteiger partial charge in [0, 0.05) is 32.4 Å². The van der Waals surface area contributed by atoms with Crippen LogP contribution in [-0.4, -0.2) is 68.7 Å². The van der Waals surface area contributed by atoms with E-state index in [1.807, 2.05) is 13.8 Å². The number of nitrogens with one attached hydrogen (secondary N) is 1. The van der Waals surface area contributed by atoms with E-state index in [-0.39, 0.29) is 11.7 Å². The molecule has 8 nitrogen and oxygen atoms in total. The van der Waals surface area contributed by atoms with Crippen LogP contribution >= 0.6 is 0 Å². The third-order valence-corrected chi connectivity index (χ3v) is 3.84. The fourth-order valence-electron chi connectivity index (χ4n) is 2.30. The minimum atomic E-state index is -0.528. The summed E-state index contributed by atoms with van der Waals surface area (Å²) in [5, 5.41) is 18.3. The van der Waals surface area contributed by atoms with E-state index < -0.39 is 5.54 Å². The maximum Gasteiger partial charge on any atom is 0.257 e. The number of piperazine rings is 1. The Hall–Kier alpha value is -2.09. The molecule has 0 aromatic carbocycles. The van der Waals surface area contributed by atoms with Gasteiger partial charge in [-0.3, -0.25) is 14.8 Å². The number of amidine groups is 1. The summed E-state index contributed by atoms with van der Waals surface area (Å²) in [6.07, 6.45) is 3.12. The lowest BCUT2D eigenvalue weighted by atomic mass is 10.00. The first-order chi connectivity index (χ1) is 9.46. The van der Waals surface area contributed by atoms with Crippen molar-refractivity contribution >= 4 is 11.7 Å². The molecule has 0 spiro atoms. The number of carbonyl (C=O) groups excluding carboxylic acids is 1. The van der Waals surface area contributed by atoms with E-state index in [0.717, 1.165) is 0 Å². The molecule has 0 atom stereocenters. The first-order valence-corrected chi connectivity index (χ1v) is 6.48. The molecule has 2 heterocycles. The summed E-state index contributed by atoms with van der Waals surface area (Å²) in [5.74, 6) is 0.145. The van der Waals surface area contributed by atoms with E-state index in [4.69, 9.17) is 10.9 Å². The summed E-state index contributed by atoms with van der Waals surface area (Å²) in [7, 11) is 0. The number of oxime groups is 1. The van der Waals surface area contributed by atoms with Gasteiger partial charge >= 0.3 is 0 Å². The van der Waals surface area contributed by atoms with E-state index >= 15 is 0 Å². The first kappa shape index (κ1) is 14.3. The summed E-state index contributed by atoms with van der Waals surface area (Å²) >= 11 is 0. The zero-order valence-corrected chi connectivity index (χ0v) is 11.7. The zero-order chi connectivity index (χ0) is 14.8. The van der Waals surface area contributed by atoms with Gasteiger partial charge < -0.3 is 15.8 Å². The Labute approximate surface area is 117 Å². The number of amides is 1. The Bertz CT molecular complexity index is 488. The molecular formula is C12H20N6O2. The third-order valence-electron chi connectivity index (χ3n) is 3.84. The van der Waals surface area contributed by atoms with Crippen LogP contribution in [0.15, 0.2) is 17.5 Å². The van der Waals surface area contributed by atoms with Crippen LogP contribution in [0.4, 0.5) is 0 Å². The summed E-state index contributed by atoms with van der Waals surface area (Å²) < 4.78 is 0. The predicted molar refractivity (Wildman–Crippen MR) is 73.6 cm³/mol. The Balaban J connectivity index is 1.98. The number of hydrogen-bond acceptors (Lipinski definition) is 5. The lowest BCUT2D eigenvalue weighted by molar-refractivity contribution is 0.0531. The first-order valence-electron chi connectivity index (χ1n) is 6.48. The Morgan fingerprint density at radius 3 is 2.60 bits per heavy atom. The van der Waals surface area contributed by atoms with Gasteiger partial charge in [-0.2, -0.15) is 5.10 Å². The molecule has 1 fully saturated rings. The van der Waals surface area contributed by atoms with Crippen LogP contribution in [0.1, 0.15) is 24.2 Å². The fraction of sp³-hybridized carbons (Fsp3) is 0.583. The lowest BCUT2D eigenvalue weighted by Crippen LogP contribution is -2.60. The average Bonchev–Trinajstić information content (AvgIpc) is 2.99. The van der Waals surface area contributed by atoms with Gasteiger partial charge in [-0.05, 0) is 13.8 Å². The molecule has 1 aromatic rings. The van der Waals surface area contributed by atoms with Gasteiger partial charge in [0.25, 0.3) is 5.91 Å². The zero-order valence-electron chi connectivity index (χ0n) is 11.7. The summed E-state index contributed by atoms with van der Waals surface area (Å²) in [6, 6.07) is 0. The molecule has 2 rings (SSSR count). The van der Waals surface area contributed by atoms with Crippen LogP contribution in [0.3, 0.4) is 0 Å². The molecule has 0 bridgehead atoms. The minimum Gasteiger partial charge on any atom is -0.409 e. The van der Waals surface area contributed by atoms with Crippen LogP contribution in [0.2, 0.25) is 0 Å². The van der Waals surface area contributed by atoms with E-state index in [2.05, 4.69) is 20.3 Å². The number of H-pyrrole nitrogens is 1. The Morgan fingerprint density at radius 1 is 1.45 bits per heavy atom. The molecule has 0 radical (unpaired) electrons. The van der Waals surface area contributed by atoms with Gasteiger partial charge in [-0.1, -0.05) is 5.16 Å². The second kappa shape index (κ2) is 5.49. The molecule has 1 aliphatic heterocycles. The highest BCUT2D eigenvalue weighted by molar-refractivity contribution is 5.93. The molecule has 1 saturated heterocycles. The summed E-state index contributed by atoms with van der Waals surface area (Å²) in [5.41, 5.74) is 5.75. The molecule has 0 unspecified atom stereocenters. The highest BCUT2D eigenvalue weighted by Crippen LogP contribution is 2.18. The second-order valence-corrected chi connectivity index (χ2v) is 5.31. The van der Waals surface area contributed by atoms with Crippen LogP contribution in [0.5, 0.6) is 0 Å². The smallest absolute Gasteiger partial charge is 0.257 e.